The maximum absolute atomic E-state index is 11.0. The number of nitrogens with two attached hydrogens (primary N) is 1. The van der Waals surface area contributed by atoms with E-state index >= 15 is 0 Å². The minimum Gasteiger partial charge on any atom is -0.486 e. The van der Waals surface area contributed by atoms with Gasteiger partial charge in [-0.1, -0.05) is 0 Å². The Kier molecular flexibility index (Phi) is 3.89. The largest absolute Gasteiger partial charge is 0.486 e. The van der Waals surface area contributed by atoms with Gasteiger partial charge in [0.05, 0.1) is 19.3 Å². The second-order valence-electron chi connectivity index (χ2n) is 5.62. The molecule has 0 radical (unpaired) electrons. The van der Waals surface area contributed by atoms with Gasteiger partial charge in [0.25, 0.3) is 0 Å². The number of nitrogens with one attached hydrogen (secondary N) is 1. The molecule has 0 spiro atoms. The van der Waals surface area contributed by atoms with E-state index in [1.807, 2.05) is 23.7 Å². The lowest BCUT2D eigenvalue weighted by Crippen LogP contribution is -2.40. The molecule has 1 aliphatic heterocycles. The lowest BCUT2D eigenvalue weighted by molar-refractivity contribution is -0.119. The van der Waals surface area contributed by atoms with Crippen molar-refractivity contribution in [2.75, 3.05) is 13.2 Å². The number of nitrogens with zero attached hydrogens (tertiary/aromatic N) is 2. The molecule has 3 rings (SSSR count). The fraction of sp³-hybridized carbons (Fsp3) is 0.467. The van der Waals surface area contributed by atoms with Gasteiger partial charge in [0.2, 0.25) is 5.91 Å². The number of amides is 1. The van der Waals surface area contributed by atoms with Crippen LogP contribution in [0.1, 0.15) is 13.8 Å². The van der Waals surface area contributed by atoms with E-state index in [-0.39, 0.29) is 18.1 Å². The van der Waals surface area contributed by atoms with Gasteiger partial charge in [-0.3, -0.25) is 9.48 Å². The summed E-state index contributed by atoms with van der Waals surface area (Å²) in [4.78, 5) is 11.0. The van der Waals surface area contributed by atoms with E-state index < -0.39 is 0 Å². The molecule has 7 nitrogen and oxygen atoms in total. The van der Waals surface area contributed by atoms with E-state index in [2.05, 4.69) is 10.4 Å². The Morgan fingerprint density at radius 3 is 3.14 bits per heavy atom. The third-order valence-electron chi connectivity index (χ3n) is 3.47. The van der Waals surface area contributed by atoms with Crippen molar-refractivity contribution in [1.29, 1.82) is 0 Å². The average molecular weight is 304 g/mol. The predicted octanol–water partition coefficient (Wildman–Crippen LogP) is 0.659. The van der Waals surface area contributed by atoms with Crippen molar-refractivity contribution in [1.82, 2.24) is 15.1 Å². The zero-order valence-corrected chi connectivity index (χ0v) is 12.7. The summed E-state index contributed by atoms with van der Waals surface area (Å²) in [6.07, 6.45) is 1.57. The summed E-state index contributed by atoms with van der Waals surface area (Å²) < 4.78 is 13.6. The van der Waals surface area contributed by atoms with Crippen molar-refractivity contribution in [3.8, 4) is 11.5 Å². The first-order valence-corrected chi connectivity index (χ1v) is 7.32. The molecule has 0 saturated carbocycles. The number of carbonyl (C=O) groups is 1. The number of ether oxygens (including phenoxy) is 2. The molecule has 7 heteroatoms. The summed E-state index contributed by atoms with van der Waals surface area (Å²) >= 11 is 0. The fourth-order valence-electron chi connectivity index (χ4n) is 2.51. The van der Waals surface area contributed by atoms with Crippen LogP contribution in [-0.2, 0) is 11.3 Å². The van der Waals surface area contributed by atoms with Crippen molar-refractivity contribution in [2.45, 2.75) is 32.5 Å². The molecule has 2 aromatic rings. The van der Waals surface area contributed by atoms with Crippen LogP contribution in [-0.4, -0.2) is 41.0 Å². The first-order chi connectivity index (χ1) is 10.5. The Hall–Kier alpha value is -2.28. The molecule has 1 amide bonds. The topological polar surface area (TPSA) is 91.4 Å². The van der Waals surface area contributed by atoms with Gasteiger partial charge in [0.15, 0.2) is 17.6 Å². The van der Waals surface area contributed by atoms with Crippen LogP contribution in [0.15, 0.2) is 18.3 Å². The highest BCUT2D eigenvalue weighted by Gasteiger charge is 2.25. The highest BCUT2D eigenvalue weighted by Crippen LogP contribution is 2.38. The Morgan fingerprint density at radius 2 is 2.41 bits per heavy atom. The van der Waals surface area contributed by atoms with Crippen LogP contribution in [0, 0.1) is 0 Å². The van der Waals surface area contributed by atoms with Gasteiger partial charge in [-0.05, 0) is 19.1 Å². The lowest BCUT2D eigenvalue weighted by Gasteiger charge is -2.27. The molecular formula is C15H20N4O3. The van der Waals surface area contributed by atoms with Crippen molar-refractivity contribution in [2.24, 2.45) is 5.73 Å². The number of hydrogen-bond acceptors (Lipinski definition) is 5. The molecule has 0 fully saturated rings. The minimum atomic E-state index is -0.222. The fourth-order valence-corrected chi connectivity index (χ4v) is 2.51. The second-order valence-corrected chi connectivity index (χ2v) is 5.62. The zero-order chi connectivity index (χ0) is 15.7. The monoisotopic (exact) mass is 304 g/mol. The van der Waals surface area contributed by atoms with E-state index in [4.69, 9.17) is 15.2 Å². The summed E-state index contributed by atoms with van der Waals surface area (Å²) in [5.74, 6) is 1.27. The highest BCUT2D eigenvalue weighted by molar-refractivity contribution is 5.87. The molecule has 1 aliphatic rings. The van der Waals surface area contributed by atoms with Crippen LogP contribution in [0.4, 0.5) is 0 Å². The molecule has 3 N–H and O–H groups in total. The van der Waals surface area contributed by atoms with Crippen molar-refractivity contribution < 1.29 is 14.3 Å². The number of hydrogen-bond donors (Lipinski definition) is 2. The van der Waals surface area contributed by atoms with Crippen LogP contribution in [0.25, 0.3) is 10.9 Å². The first kappa shape index (κ1) is 14.6. The predicted molar refractivity (Wildman–Crippen MR) is 82.0 cm³/mol. The van der Waals surface area contributed by atoms with E-state index in [0.29, 0.717) is 31.2 Å². The average Bonchev–Trinajstić information content (AvgIpc) is 2.87. The molecule has 0 saturated heterocycles. The van der Waals surface area contributed by atoms with Gasteiger partial charge in [-0.2, -0.15) is 5.10 Å². The number of carbonyl (C=O) groups excluding carboxylic acids is 1. The van der Waals surface area contributed by atoms with Gasteiger partial charge in [0.1, 0.15) is 12.1 Å². The van der Waals surface area contributed by atoms with Gasteiger partial charge < -0.3 is 20.5 Å². The normalized spacial score (nSPS) is 18.2. The SMILES string of the molecule is CC(=O)NCC1COc2ccc3cnn(C[C@H](C)N)c3c2O1. The molecule has 118 valence electrons. The van der Waals surface area contributed by atoms with Crippen LogP contribution in [0.5, 0.6) is 11.5 Å². The van der Waals surface area contributed by atoms with Gasteiger partial charge in [-0.25, -0.2) is 0 Å². The quantitative estimate of drug-likeness (QED) is 0.866. The summed E-state index contributed by atoms with van der Waals surface area (Å²) in [5, 5.41) is 8.10. The van der Waals surface area contributed by atoms with E-state index in [1.54, 1.807) is 6.20 Å². The Balaban J connectivity index is 1.93. The molecular weight excluding hydrogens is 284 g/mol. The summed E-state index contributed by atoms with van der Waals surface area (Å²) in [6.45, 7) is 4.82. The molecule has 1 aromatic carbocycles. The first-order valence-electron chi connectivity index (χ1n) is 7.32. The number of aromatic nitrogens is 2. The third-order valence-corrected chi connectivity index (χ3v) is 3.47. The van der Waals surface area contributed by atoms with Crippen LogP contribution in [0.3, 0.4) is 0 Å². The van der Waals surface area contributed by atoms with Crippen LogP contribution >= 0.6 is 0 Å². The number of benzene rings is 1. The molecule has 1 aromatic heterocycles. The van der Waals surface area contributed by atoms with Crippen molar-refractivity contribution in [3.05, 3.63) is 18.3 Å². The minimum absolute atomic E-state index is 0.0151. The molecule has 0 bridgehead atoms. The third kappa shape index (κ3) is 2.85. The summed E-state index contributed by atoms with van der Waals surface area (Å²) in [7, 11) is 0. The standard InChI is InChI=1S/C15H20N4O3/c1-9(16)7-19-14-11(5-18-19)3-4-13-15(14)22-12(8-21-13)6-17-10(2)20/h3-5,9,12H,6-8,16H2,1-2H3,(H,17,20)/t9-,12?/m0/s1. The molecule has 22 heavy (non-hydrogen) atoms. The molecule has 1 unspecified atom stereocenters. The van der Waals surface area contributed by atoms with E-state index in [9.17, 15) is 4.79 Å². The Morgan fingerprint density at radius 1 is 1.59 bits per heavy atom. The van der Waals surface area contributed by atoms with Crippen LogP contribution in [0.2, 0.25) is 0 Å². The highest BCUT2D eigenvalue weighted by atomic mass is 16.6. The molecule has 2 heterocycles. The number of rotatable bonds is 4. The van der Waals surface area contributed by atoms with Crippen molar-refractivity contribution in [3.63, 3.8) is 0 Å². The van der Waals surface area contributed by atoms with Crippen LogP contribution < -0.4 is 20.5 Å². The maximum atomic E-state index is 11.0. The summed E-state index contributed by atoms with van der Waals surface area (Å²) in [5.41, 5.74) is 6.76. The van der Waals surface area contributed by atoms with Gasteiger partial charge in [-0.15, -0.1) is 0 Å². The number of fused-ring (bicyclic) bond motifs is 3. The molecule has 2 atom stereocenters. The van der Waals surface area contributed by atoms with E-state index in [0.717, 1.165) is 10.9 Å². The lowest BCUT2D eigenvalue weighted by atomic mass is 10.2. The van der Waals surface area contributed by atoms with Gasteiger partial charge in [0, 0.05) is 18.4 Å². The Labute approximate surface area is 128 Å². The summed E-state index contributed by atoms with van der Waals surface area (Å²) in [6, 6.07) is 3.82. The Bertz CT molecular complexity index is 695. The zero-order valence-electron chi connectivity index (χ0n) is 12.7. The van der Waals surface area contributed by atoms with Gasteiger partial charge >= 0.3 is 0 Å². The van der Waals surface area contributed by atoms with E-state index in [1.165, 1.54) is 6.92 Å². The second kappa shape index (κ2) is 5.84. The molecule has 0 aliphatic carbocycles. The van der Waals surface area contributed by atoms with Crippen molar-refractivity contribution >= 4 is 16.8 Å². The smallest absolute Gasteiger partial charge is 0.217 e. The maximum Gasteiger partial charge on any atom is 0.217 e.